The molecule has 0 aliphatic carbocycles. The molecule has 3 rings (SSSR count). The fourth-order valence-electron chi connectivity index (χ4n) is 2.78. The van der Waals surface area contributed by atoms with E-state index in [1.807, 2.05) is 67.6 Å². The lowest BCUT2D eigenvalue weighted by atomic mass is 10.3. The fraction of sp³-hybridized carbons (Fsp3) is 0.150. The van der Waals surface area contributed by atoms with Crippen molar-refractivity contribution in [3.8, 4) is 11.5 Å². The summed E-state index contributed by atoms with van der Waals surface area (Å²) >= 11 is 0. The van der Waals surface area contributed by atoms with Crippen LogP contribution in [0.5, 0.6) is 11.5 Å². The number of pyridine rings is 1. The van der Waals surface area contributed by atoms with E-state index in [4.69, 9.17) is 9.47 Å². The molecule has 1 aromatic heterocycles. The number of benzene rings is 2. The number of hydrogen-bond donors (Lipinski definition) is 0. The zero-order valence-corrected chi connectivity index (χ0v) is 15.4. The van der Waals surface area contributed by atoms with Crippen LogP contribution in [0.15, 0.2) is 66.9 Å². The van der Waals surface area contributed by atoms with Crippen LogP contribution in [0.4, 0.5) is 0 Å². The van der Waals surface area contributed by atoms with E-state index >= 15 is 0 Å². The van der Waals surface area contributed by atoms with Gasteiger partial charge >= 0.3 is 0 Å². The Balaban J connectivity index is 2.23. The van der Waals surface area contributed by atoms with E-state index in [1.54, 1.807) is 20.4 Å². The maximum absolute atomic E-state index is 14.3. The van der Waals surface area contributed by atoms with Crippen LogP contribution in [0.2, 0.25) is 0 Å². The molecule has 1 heterocycles. The van der Waals surface area contributed by atoms with E-state index in [9.17, 15) is 4.57 Å². The summed E-state index contributed by atoms with van der Waals surface area (Å²) in [5, 5.41) is 1.44. The Kier molecular flexibility index (Phi) is 4.91. The number of aryl methyl sites for hydroxylation is 1. The van der Waals surface area contributed by atoms with Gasteiger partial charge in [0, 0.05) is 16.8 Å². The highest BCUT2D eigenvalue weighted by Gasteiger charge is 2.32. The molecule has 0 fully saturated rings. The van der Waals surface area contributed by atoms with Crippen molar-refractivity contribution in [1.82, 2.24) is 4.98 Å². The van der Waals surface area contributed by atoms with Crippen molar-refractivity contribution in [2.45, 2.75) is 6.92 Å². The number of nitrogens with zero attached hydrogens (tertiary/aromatic N) is 1. The Labute approximate surface area is 147 Å². The van der Waals surface area contributed by atoms with Gasteiger partial charge in [0.05, 0.1) is 14.2 Å². The average molecular weight is 353 g/mol. The van der Waals surface area contributed by atoms with Crippen LogP contribution in [-0.4, -0.2) is 19.2 Å². The molecule has 0 N–H and O–H groups in total. The predicted molar refractivity (Wildman–Crippen MR) is 101 cm³/mol. The first-order chi connectivity index (χ1) is 12.1. The quantitative estimate of drug-likeness (QED) is 0.662. The molecule has 0 aliphatic rings. The van der Waals surface area contributed by atoms with Gasteiger partial charge in [0.25, 0.3) is 0 Å². The Morgan fingerprint density at radius 1 is 0.800 bits per heavy atom. The second-order valence-electron chi connectivity index (χ2n) is 5.65. The van der Waals surface area contributed by atoms with Crippen LogP contribution in [-0.2, 0) is 4.57 Å². The maximum atomic E-state index is 14.3. The number of rotatable bonds is 5. The van der Waals surface area contributed by atoms with Gasteiger partial charge < -0.3 is 14.0 Å². The van der Waals surface area contributed by atoms with Crippen molar-refractivity contribution in [2.75, 3.05) is 14.2 Å². The van der Waals surface area contributed by atoms with Crippen LogP contribution in [0, 0.1) is 6.92 Å². The second-order valence-corrected chi connectivity index (χ2v) is 8.32. The van der Waals surface area contributed by atoms with Crippen LogP contribution in [0.1, 0.15) is 5.56 Å². The molecule has 0 unspecified atom stereocenters. The molecule has 25 heavy (non-hydrogen) atoms. The molecule has 3 aromatic rings. The lowest BCUT2D eigenvalue weighted by Crippen LogP contribution is -2.28. The van der Waals surface area contributed by atoms with Crippen molar-refractivity contribution in [3.63, 3.8) is 0 Å². The molecule has 2 aromatic carbocycles. The third-order valence-electron chi connectivity index (χ3n) is 4.15. The largest absolute Gasteiger partial charge is 0.497 e. The van der Waals surface area contributed by atoms with Crippen molar-refractivity contribution < 1.29 is 14.0 Å². The smallest absolute Gasteiger partial charge is 0.188 e. The molecule has 5 heteroatoms. The molecule has 0 amide bonds. The van der Waals surface area contributed by atoms with Gasteiger partial charge in [0.15, 0.2) is 7.14 Å². The number of ether oxygens (including phenoxy) is 2. The van der Waals surface area contributed by atoms with E-state index in [2.05, 4.69) is 4.98 Å². The third kappa shape index (κ3) is 3.18. The van der Waals surface area contributed by atoms with E-state index in [0.717, 1.165) is 27.7 Å². The minimum Gasteiger partial charge on any atom is -0.497 e. The van der Waals surface area contributed by atoms with Gasteiger partial charge in [-0.3, -0.25) is 4.98 Å². The van der Waals surface area contributed by atoms with Gasteiger partial charge in [-0.15, -0.1) is 0 Å². The van der Waals surface area contributed by atoms with E-state index in [-0.39, 0.29) is 0 Å². The van der Waals surface area contributed by atoms with Crippen molar-refractivity contribution in [1.29, 1.82) is 0 Å². The number of aromatic nitrogens is 1. The Hall–Kier alpha value is -2.58. The number of methoxy groups -OCH3 is 2. The SMILES string of the molecule is COc1ccc(P(=O)(c2ccc(OC)cc2)c2ncccc2C)cc1. The Morgan fingerprint density at radius 2 is 1.28 bits per heavy atom. The highest BCUT2D eigenvalue weighted by molar-refractivity contribution is 7.85. The van der Waals surface area contributed by atoms with Crippen molar-refractivity contribution in [3.05, 3.63) is 72.4 Å². The molecular weight excluding hydrogens is 333 g/mol. The molecule has 0 atom stereocenters. The summed E-state index contributed by atoms with van der Waals surface area (Å²) in [6.45, 7) is 1.93. The predicted octanol–water partition coefficient (Wildman–Crippen LogP) is 3.05. The zero-order chi connectivity index (χ0) is 17.9. The zero-order valence-electron chi connectivity index (χ0n) is 14.5. The normalized spacial score (nSPS) is 11.2. The molecule has 128 valence electrons. The lowest BCUT2D eigenvalue weighted by Gasteiger charge is -2.21. The van der Waals surface area contributed by atoms with Gasteiger partial charge in [0.2, 0.25) is 0 Å². The molecule has 4 nitrogen and oxygen atoms in total. The van der Waals surface area contributed by atoms with Gasteiger partial charge in [-0.25, -0.2) is 0 Å². The first-order valence-corrected chi connectivity index (χ1v) is 9.61. The molecule has 0 aliphatic heterocycles. The summed E-state index contributed by atoms with van der Waals surface area (Å²) in [7, 11) is 0.127. The summed E-state index contributed by atoms with van der Waals surface area (Å²) in [6.07, 6.45) is 1.68. The highest BCUT2D eigenvalue weighted by atomic mass is 31.2. The monoisotopic (exact) mass is 353 g/mol. The van der Waals surface area contributed by atoms with Crippen LogP contribution in [0.3, 0.4) is 0 Å². The van der Waals surface area contributed by atoms with Crippen molar-refractivity contribution in [2.24, 2.45) is 0 Å². The van der Waals surface area contributed by atoms with Gasteiger partial charge in [-0.05, 0) is 67.1 Å². The lowest BCUT2D eigenvalue weighted by molar-refractivity contribution is 0.415. The van der Waals surface area contributed by atoms with Gasteiger partial charge in [-0.2, -0.15) is 0 Å². The van der Waals surface area contributed by atoms with Crippen LogP contribution >= 0.6 is 7.14 Å². The van der Waals surface area contributed by atoms with E-state index in [1.165, 1.54) is 0 Å². The summed E-state index contributed by atoms with van der Waals surface area (Å²) < 4.78 is 24.7. The molecular formula is C20H20NO3P. The Morgan fingerprint density at radius 3 is 1.68 bits per heavy atom. The molecule has 0 radical (unpaired) electrons. The maximum Gasteiger partial charge on any atom is 0.188 e. The molecule has 0 saturated carbocycles. The second kappa shape index (κ2) is 7.12. The third-order valence-corrected chi connectivity index (χ3v) is 7.27. The molecule has 0 bridgehead atoms. The van der Waals surface area contributed by atoms with Crippen LogP contribution < -0.4 is 25.5 Å². The minimum absolute atomic E-state index is 0.602. The average Bonchev–Trinajstić information content (AvgIpc) is 2.68. The van der Waals surface area contributed by atoms with E-state index in [0.29, 0.717) is 5.44 Å². The Bertz CT molecular complexity index is 853. The summed E-state index contributed by atoms with van der Waals surface area (Å²) in [4.78, 5) is 4.46. The molecule has 0 spiro atoms. The van der Waals surface area contributed by atoms with Crippen molar-refractivity contribution >= 4 is 23.2 Å². The summed E-state index contributed by atoms with van der Waals surface area (Å²) in [5.74, 6) is 1.45. The standard InChI is InChI=1S/C20H20NO3P/c1-15-5-4-14-21-20(15)25(22,18-10-6-16(23-2)7-11-18)19-12-8-17(24-3)9-13-19/h4-14H,1-3H3. The summed E-state index contributed by atoms with van der Waals surface area (Å²) in [6, 6.07) is 18.5. The molecule has 0 saturated heterocycles. The van der Waals surface area contributed by atoms with Gasteiger partial charge in [0.1, 0.15) is 16.9 Å². The fourth-order valence-corrected chi connectivity index (χ4v) is 5.51. The highest BCUT2D eigenvalue weighted by Crippen LogP contribution is 2.43. The first-order valence-electron chi connectivity index (χ1n) is 7.91. The van der Waals surface area contributed by atoms with Gasteiger partial charge in [-0.1, -0.05) is 6.07 Å². The minimum atomic E-state index is -3.10. The number of hydrogen-bond acceptors (Lipinski definition) is 4. The topological polar surface area (TPSA) is 48.4 Å². The first kappa shape index (κ1) is 17.2. The summed E-state index contributed by atoms with van der Waals surface area (Å²) in [5.41, 5.74) is 1.50. The van der Waals surface area contributed by atoms with Crippen LogP contribution in [0.25, 0.3) is 0 Å². The van der Waals surface area contributed by atoms with E-state index < -0.39 is 7.14 Å².